The molecule has 1 aromatic carbocycles. The fourth-order valence-electron chi connectivity index (χ4n) is 3.86. The number of aryl methyl sites for hydroxylation is 2. The third-order valence-electron chi connectivity index (χ3n) is 5.67. The van der Waals surface area contributed by atoms with Crippen LogP contribution in [0.1, 0.15) is 39.2 Å². The molecular weight excluding hydrogens is 374 g/mol. The van der Waals surface area contributed by atoms with Gasteiger partial charge >= 0.3 is 6.03 Å². The first kappa shape index (κ1) is 18.7. The van der Waals surface area contributed by atoms with E-state index in [0.29, 0.717) is 25.9 Å². The van der Waals surface area contributed by atoms with E-state index in [1.54, 1.807) is 4.90 Å². The highest BCUT2D eigenvalue weighted by molar-refractivity contribution is 7.12. The molecule has 146 valence electrons. The van der Waals surface area contributed by atoms with Crippen LogP contribution in [0.4, 0.5) is 4.79 Å². The summed E-state index contributed by atoms with van der Waals surface area (Å²) >= 11 is 1.44. The summed E-state index contributed by atoms with van der Waals surface area (Å²) in [6.07, 6.45) is 0.885. The van der Waals surface area contributed by atoms with Crippen molar-refractivity contribution in [3.8, 4) is 0 Å². The highest BCUT2D eigenvalue weighted by atomic mass is 32.1. The predicted octanol–water partition coefficient (Wildman–Crippen LogP) is 3.09. The number of benzene rings is 1. The number of rotatable bonds is 3. The van der Waals surface area contributed by atoms with E-state index in [-0.39, 0.29) is 24.4 Å². The van der Waals surface area contributed by atoms with E-state index in [2.05, 4.69) is 5.32 Å². The highest BCUT2D eigenvalue weighted by Gasteiger charge is 2.52. The van der Waals surface area contributed by atoms with Crippen LogP contribution in [-0.2, 0) is 11.3 Å². The molecule has 7 heteroatoms. The molecule has 0 radical (unpaired) electrons. The molecule has 3 heterocycles. The molecule has 2 aliphatic rings. The standard InChI is InChI=1S/C21H23N3O3S/c1-14-3-5-16(6-4-14)13-24-19(26)21(22-20(24)27)8-10-23(11-9-21)18(25)17-15(2)7-12-28-17/h3-7,12H,8-11,13H2,1-2H3,(H,22,27). The Kier molecular flexibility index (Phi) is 4.71. The zero-order valence-electron chi connectivity index (χ0n) is 16.0. The molecule has 28 heavy (non-hydrogen) atoms. The van der Waals surface area contributed by atoms with Gasteiger partial charge in [0.15, 0.2) is 0 Å². The molecule has 2 aliphatic heterocycles. The molecule has 4 rings (SSSR count). The van der Waals surface area contributed by atoms with Gasteiger partial charge in [0, 0.05) is 13.1 Å². The lowest BCUT2D eigenvalue weighted by Crippen LogP contribution is -2.55. The second-order valence-corrected chi connectivity index (χ2v) is 8.53. The van der Waals surface area contributed by atoms with Crippen LogP contribution in [-0.4, -0.2) is 46.3 Å². The molecule has 0 bridgehead atoms. The van der Waals surface area contributed by atoms with Gasteiger partial charge in [-0.15, -0.1) is 11.3 Å². The largest absolute Gasteiger partial charge is 0.338 e. The number of nitrogens with one attached hydrogen (secondary N) is 1. The fourth-order valence-corrected chi connectivity index (χ4v) is 4.75. The van der Waals surface area contributed by atoms with Crippen molar-refractivity contribution in [2.75, 3.05) is 13.1 Å². The van der Waals surface area contributed by atoms with Gasteiger partial charge in [-0.2, -0.15) is 0 Å². The lowest BCUT2D eigenvalue weighted by Gasteiger charge is -2.37. The van der Waals surface area contributed by atoms with Crippen LogP contribution >= 0.6 is 11.3 Å². The van der Waals surface area contributed by atoms with Crippen molar-refractivity contribution in [1.29, 1.82) is 0 Å². The van der Waals surface area contributed by atoms with E-state index in [1.807, 2.05) is 49.6 Å². The van der Waals surface area contributed by atoms with E-state index in [4.69, 9.17) is 0 Å². The number of nitrogens with zero attached hydrogens (tertiary/aromatic N) is 2. The van der Waals surface area contributed by atoms with Gasteiger partial charge in [0.05, 0.1) is 11.4 Å². The topological polar surface area (TPSA) is 69.7 Å². The van der Waals surface area contributed by atoms with Crippen LogP contribution in [0.25, 0.3) is 0 Å². The minimum atomic E-state index is -0.886. The first-order valence-corrected chi connectivity index (χ1v) is 10.3. The Bertz CT molecular complexity index is 927. The maximum absolute atomic E-state index is 13.1. The normalized spacial score (nSPS) is 18.6. The Hall–Kier alpha value is -2.67. The van der Waals surface area contributed by atoms with Gasteiger partial charge in [-0.1, -0.05) is 29.8 Å². The fraction of sp³-hybridized carbons (Fsp3) is 0.381. The number of thiophene rings is 1. The number of imide groups is 1. The van der Waals surface area contributed by atoms with Gasteiger partial charge in [-0.05, 0) is 49.3 Å². The Balaban J connectivity index is 1.44. The number of amides is 4. The average Bonchev–Trinajstić information content (AvgIpc) is 3.21. The molecule has 0 aliphatic carbocycles. The average molecular weight is 398 g/mol. The molecule has 1 spiro atoms. The van der Waals surface area contributed by atoms with E-state index < -0.39 is 5.54 Å². The number of hydrogen-bond acceptors (Lipinski definition) is 4. The molecule has 1 N–H and O–H groups in total. The minimum Gasteiger partial charge on any atom is -0.338 e. The Morgan fingerprint density at radius 2 is 1.79 bits per heavy atom. The Labute approximate surface area is 168 Å². The molecule has 0 atom stereocenters. The van der Waals surface area contributed by atoms with E-state index >= 15 is 0 Å². The first-order valence-electron chi connectivity index (χ1n) is 9.43. The molecule has 0 unspecified atom stereocenters. The number of carbonyl (C=O) groups excluding carboxylic acids is 3. The second-order valence-electron chi connectivity index (χ2n) is 7.61. The molecule has 2 saturated heterocycles. The maximum atomic E-state index is 13.1. The second kappa shape index (κ2) is 7.05. The molecule has 4 amide bonds. The van der Waals surface area contributed by atoms with Crippen LogP contribution in [0.15, 0.2) is 35.7 Å². The number of hydrogen-bond donors (Lipinski definition) is 1. The van der Waals surface area contributed by atoms with Crippen molar-refractivity contribution in [2.24, 2.45) is 0 Å². The van der Waals surface area contributed by atoms with Gasteiger partial charge in [-0.3, -0.25) is 14.5 Å². The minimum absolute atomic E-state index is 0.00985. The van der Waals surface area contributed by atoms with E-state index in [0.717, 1.165) is 21.6 Å². The van der Waals surface area contributed by atoms with Crippen LogP contribution in [0, 0.1) is 13.8 Å². The van der Waals surface area contributed by atoms with Gasteiger partial charge < -0.3 is 10.2 Å². The first-order chi connectivity index (χ1) is 13.4. The quantitative estimate of drug-likeness (QED) is 0.809. The van der Waals surface area contributed by atoms with Crippen LogP contribution in [0.5, 0.6) is 0 Å². The zero-order valence-corrected chi connectivity index (χ0v) is 16.8. The van der Waals surface area contributed by atoms with Crippen molar-refractivity contribution in [3.05, 3.63) is 57.3 Å². The Morgan fingerprint density at radius 3 is 2.39 bits per heavy atom. The summed E-state index contributed by atoms with van der Waals surface area (Å²) in [5.41, 5.74) is 2.15. The summed E-state index contributed by atoms with van der Waals surface area (Å²) in [5, 5.41) is 4.82. The van der Waals surface area contributed by atoms with Crippen LogP contribution in [0.3, 0.4) is 0 Å². The summed E-state index contributed by atoms with van der Waals surface area (Å²) in [6, 6.07) is 9.41. The highest BCUT2D eigenvalue weighted by Crippen LogP contribution is 2.31. The summed E-state index contributed by atoms with van der Waals surface area (Å²) in [5.74, 6) is -0.173. The van der Waals surface area contributed by atoms with Crippen LogP contribution < -0.4 is 5.32 Å². The lowest BCUT2D eigenvalue weighted by atomic mass is 9.87. The molecule has 6 nitrogen and oxygen atoms in total. The maximum Gasteiger partial charge on any atom is 0.325 e. The summed E-state index contributed by atoms with van der Waals surface area (Å²) in [4.78, 5) is 42.1. The van der Waals surface area contributed by atoms with E-state index in [1.165, 1.54) is 16.2 Å². The smallest absolute Gasteiger partial charge is 0.325 e. The SMILES string of the molecule is Cc1ccc(CN2C(=O)NC3(CCN(C(=O)c4sccc4C)CC3)C2=O)cc1. The predicted molar refractivity (Wildman–Crippen MR) is 107 cm³/mol. The van der Waals surface area contributed by atoms with E-state index in [9.17, 15) is 14.4 Å². The van der Waals surface area contributed by atoms with Gasteiger partial charge in [-0.25, -0.2) is 4.79 Å². The van der Waals surface area contributed by atoms with Crippen molar-refractivity contribution in [1.82, 2.24) is 15.1 Å². The van der Waals surface area contributed by atoms with Crippen molar-refractivity contribution >= 4 is 29.2 Å². The molecule has 2 aromatic rings. The number of piperidine rings is 1. The molecule has 2 fully saturated rings. The zero-order chi connectivity index (χ0) is 19.9. The molecular formula is C21H23N3O3S. The molecule has 0 saturated carbocycles. The summed E-state index contributed by atoms with van der Waals surface area (Å²) in [7, 11) is 0. The van der Waals surface area contributed by atoms with Crippen molar-refractivity contribution < 1.29 is 14.4 Å². The van der Waals surface area contributed by atoms with Gasteiger partial charge in [0.25, 0.3) is 11.8 Å². The number of urea groups is 1. The lowest BCUT2D eigenvalue weighted by molar-refractivity contribution is -0.133. The van der Waals surface area contributed by atoms with Crippen LogP contribution in [0.2, 0.25) is 0 Å². The summed E-state index contributed by atoms with van der Waals surface area (Å²) < 4.78 is 0. The third kappa shape index (κ3) is 3.20. The number of carbonyl (C=O) groups is 3. The monoisotopic (exact) mass is 397 g/mol. The number of likely N-dealkylation sites (tertiary alicyclic amines) is 1. The Morgan fingerprint density at radius 1 is 1.11 bits per heavy atom. The molecule has 1 aromatic heterocycles. The van der Waals surface area contributed by atoms with Gasteiger partial charge in [0.1, 0.15) is 5.54 Å². The summed E-state index contributed by atoms with van der Waals surface area (Å²) in [6.45, 7) is 5.11. The van der Waals surface area contributed by atoms with Crippen molar-refractivity contribution in [2.45, 2.75) is 38.8 Å². The van der Waals surface area contributed by atoms with Gasteiger partial charge in [0.2, 0.25) is 0 Å². The third-order valence-corrected chi connectivity index (χ3v) is 6.67. The van der Waals surface area contributed by atoms with Crippen molar-refractivity contribution in [3.63, 3.8) is 0 Å².